The Bertz CT molecular complexity index is 932. The number of ether oxygens (including phenoxy) is 1. The fraction of sp³-hybridized carbons (Fsp3) is 0.318. The summed E-state index contributed by atoms with van der Waals surface area (Å²) in [6, 6.07) is 16.0. The molecule has 0 saturated carbocycles. The molecule has 0 radical (unpaired) electrons. The Labute approximate surface area is 159 Å². The first-order valence-electron chi connectivity index (χ1n) is 9.24. The van der Waals surface area contributed by atoms with E-state index in [9.17, 15) is 9.90 Å². The van der Waals surface area contributed by atoms with Gasteiger partial charge in [-0.25, -0.2) is 4.79 Å². The molecule has 0 aliphatic rings. The van der Waals surface area contributed by atoms with Crippen LogP contribution < -0.4 is 10.1 Å². The summed E-state index contributed by atoms with van der Waals surface area (Å²) >= 11 is 0. The predicted molar refractivity (Wildman–Crippen MR) is 108 cm³/mol. The maximum Gasteiger partial charge on any atom is 0.352 e. The normalized spacial score (nSPS) is 12.3. The van der Waals surface area contributed by atoms with Gasteiger partial charge >= 0.3 is 5.97 Å². The van der Waals surface area contributed by atoms with E-state index in [0.717, 1.165) is 28.8 Å². The van der Waals surface area contributed by atoms with Gasteiger partial charge in [0.2, 0.25) is 0 Å². The Balaban J connectivity index is 1.89. The SMILES string of the molecule is CCn1c(C(=O)O)c(CNC[C@H](C)c2ccccc2)c2ccc(OC)cc21. The third-order valence-corrected chi connectivity index (χ3v) is 5.02. The topological polar surface area (TPSA) is 63.5 Å². The smallest absolute Gasteiger partial charge is 0.352 e. The molecular formula is C22H26N2O3. The minimum Gasteiger partial charge on any atom is -0.497 e. The highest BCUT2D eigenvalue weighted by Gasteiger charge is 2.22. The number of carboxylic acids is 1. The lowest BCUT2D eigenvalue weighted by Crippen LogP contribution is -2.21. The molecule has 0 unspecified atom stereocenters. The number of aromatic nitrogens is 1. The van der Waals surface area contributed by atoms with Gasteiger partial charge < -0.3 is 19.7 Å². The maximum atomic E-state index is 12.0. The summed E-state index contributed by atoms with van der Waals surface area (Å²) in [5, 5.41) is 14.2. The molecule has 3 rings (SSSR count). The first kappa shape index (κ1) is 19.0. The molecule has 0 bridgehead atoms. The van der Waals surface area contributed by atoms with E-state index in [2.05, 4.69) is 24.4 Å². The highest BCUT2D eigenvalue weighted by Crippen LogP contribution is 2.30. The zero-order valence-electron chi connectivity index (χ0n) is 16.0. The Morgan fingerprint density at radius 1 is 1.22 bits per heavy atom. The first-order chi connectivity index (χ1) is 13.1. The van der Waals surface area contributed by atoms with E-state index in [1.54, 1.807) is 7.11 Å². The van der Waals surface area contributed by atoms with Crippen LogP contribution in [-0.2, 0) is 13.1 Å². The van der Waals surface area contributed by atoms with Crippen LogP contribution >= 0.6 is 0 Å². The van der Waals surface area contributed by atoms with Crippen LogP contribution in [0.4, 0.5) is 0 Å². The van der Waals surface area contributed by atoms with E-state index in [-0.39, 0.29) is 0 Å². The number of aryl methyl sites for hydroxylation is 1. The van der Waals surface area contributed by atoms with Crippen molar-refractivity contribution in [3.8, 4) is 5.75 Å². The molecule has 27 heavy (non-hydrogen) atoms. The largest absolute Gasteiger partial charge is 0.497 e. The predicted octanol–water partition coefficient (Wildman–Crippen LogP) is 4.26. The van der Waals surface area contributed by atoms with Gasteiger partial charge in [-0.1, -0.05) is 37.3 Å². The van der Waals surface area contributed by atoms with Gasteiger partial charge in [0, 0.05) is 36.7 Å². The van der Waals surface area contributed by atoms with E-state index < -0.39 is 5.97 Å². The number of carbonyl (C=O) groups is 1. The summed E-state index contributed by atoms with van der Waals surface area (Å²) in [6.07, 6.45) is 0. The Hall–Kier alpha value is -2.79. The molecule has 142 valence electrons. The van der Waals surface area contributed by atoms with Gasteiger partial charge in [-0.15, -0.1) is 0 Å². The van der Waals surface area contributed by atoms with E-state index in [4.69, 9.17) is 4.74 Å². The number of methoxy groups -OCH3 is 1. The lowest BCUT2D eigenvalue weighted by molar-refractivity contribution is 0.0684. The van der Waals surface area contributed by atoms with Crippen LogP contribution in [-0.4, -0.2) is 29.3 Å². The molecular weight excluding hydrogens is 340 g/mol. The zero-order chi connectivity index (χ0) is 19.4. The molecule has 1 aromatic heterocycles. The fourth-order valence-corrected chi connectivity index (χ4v) is 3.59. The molecule has 0 aliphatic heterocycles. The second-order valence-electron chi connectivity index (χ2n) is 6.70. The van der Waals surface area contributed by atoms with E-state index >= 15 is 0 Å². The number of hydrogen-bond acceptors (Lipinski definition) is 3. The van der Waals surface area contributed by atoms with Crippen LogP contribution in [0.3, 0.4) is 0 Å². The molecule has 2 aromatic carbocycles. The van der Waals surface area contributed by atoms with E-state index in [1.807, 2.05) is 47.9 Å². The van der Waals surface area contributed by atoms with Gasteiger partial charge in [-0.3, -0.25) is 0 Å². The van der Waals surface area contributed by atoms with Crippen molar-refractivity contribution >= 4 is 16.9 Å². The van der Waals surface area contributed by atoms with Crippen molar-refractivity contribution in [3.63, 3.8) is 0 Å². The zero-order valence-corrected chi connectivity index (χ0v) is 16.0. The van der Waals surface area contributed by atoms with Crippen LogP contribution in [0.2, 0.25) is 0 Å². The van der Waals surface area contributed by atoms with E-state index in [0.29, 0.717) is 24.7 Å². The van der Waals surface area contributed by atoms with Crippen molar-refractivity contribution in [1.82, 2.24) is 9.88 Å². The average Bonchev–Trinajstić information content (AvgIpc) is 3.01. The van der Waals surface area contributed by atoms with E-state index in [1.165, 1.54) is 5.56 Å². The van der Waals surface area contributed by atoms with Gasteiger partial charge in [-0.2, -0.15) is 0 Å². The number of hydrogen-bond donors (Lipinski definition) is 2. The summed E-state index contributed by atoms with van der Waals surface area (Å²) in [5.41, 5.74) is 3.33. The molecule has 1 atom stereocenters. The van der Waals surface area contributed by atoms with Gasteiger partial charge in [0.1, 0.15) is 11.4 Å². The van der Waals surface area contributed by atoms with Crippen molar-refractivity contribution in [2.24, 2.45) is 0 Å². The number of nitrogens with zero attached hydrogens (tertiary/aromatic N) is 1. The minimum absolute atomic E-state index is 0.346. The van der Waals surface area contributed by atoms with Crippen molar-refractivity contribution < 1.29 is 14.6 Å². The number of rotatable bonds is 8. The summed E-state index contributed by atoms with van der Waals surface area (Å²) in [7, 11) is 1.62. The summed E-state index contributed by atoms with van der Waals surface area (Å²) in [4.78, 5) is 12.0. The van der Waals surface area contributed by atoms with Crippen LogP contribution in [0.15, 0.2) is 48.5 Å². The van der Waals surface area contributed by atoms with Crippen LogP contribution in [0.1, 0.15) is 41.4 Å². The van der Waals surface area contributed by atoms with Crippen molar-refractivity contribution in [2.75, 3.05) is 13.7 Å². The maximum absolute atomic E-state index is 12.0. The number of fused-ring (bicyclic) bond motifs is 1. The van der Waals surface area contributed by atoms with Crippen molar-refractivity contribution in [3.05, 3.63) is 65.4 Å². The average molecular weight is 366 g/mol. The molecule has 0 saturated heterocycles. The highest BCUT2D eigenvalue weighted by atomic mass is 16.5. The molecule has 5 nitrogen and oxygen atoms in total. The molecule has 0 fully saturated rings. The second-order valence-corrected chi connectivity index (χ2v) is 6.70. The summed E-state index contributed by atoms with van der Waals surface area (Å²) in [5.74, 6) is 0.169. The quantitative estimate of drug-likeness (QED) is 0.625. The molecule has 2 N–H and O–H groups in total. The fourth-order valence-electron chi connectivity index (χ4n) is 3.59. The van der Waals surface area contributed by atoms with Gasteiger partial charge in [-0.05, 0) is 30.5 Å². The molecule has 1 heterocycles. The van der Waals surface area contributed by atoms with Crippen molar-refractivity contribution in [1.29, 1.82) is 0 Å². The molecule has 5 heteroatoms. The molecule has 0 aliphatic carbocycles. The standard InChI is InChI=1S/C22H26N2O3/c1-4-24-20-12-17(27-3)10-11-18(20)19(21(24)22(25)26)14-23-13-15(2)16-8-6-5-7-9-16/h5-12,15,23H,4,13-14H2,1-3H3,(H,25,26)/t15-/m0/s1. The first-order valence-corrected chi connectivity index (χ1v) is 9.24. The Kier molecular flexibility index (Phi) is 5.81. The third-order valence-electron chi connectivity index (χ3n) is 5.02. The lowest BCUT2D eigenvalue weighted by atomic mass is 10.0. The van der Waals surface area contributed by atoms with Gasteiger partial charge in [0.25, 0.3) is 0 Å². The lowest BCUT2D eigenvalue weighted by Gasteiger charge is -2.13. The highest BCUT2D eigenvalue weighted by molar-refractivity contribution is 5.98. The summed E-state index contributed by atoms with van der Waals surface area (Å²) < 4.78 is 7.16. The van der Waals surface area contributed by atoms with Gasteiger partial charge in [0.05, 0.1) is 12.6 Å². The second kappa shape index (κ2) is 8.27. The summed E-state index contributed by atoms with van der Waals surface area (Å²) in [6.45, 7) is 6.00. The third kappa shape index (κ3) is 3.83. The number of carboxylic acid groups (broad SMARTS) is 1. The monoisotopic (exact) mass is 366 g/mol. The molecule has 0 amide bonds. The minimum atomic E-state index is -0.903. The number of benzene rings is 2. The van der Waals surface area contributed by atoms with Crippen LogP contribution in [0, 0.1) is 0 Å². The van der Waals surface area contributed by atoms with Crippen molar-refractivity contribution in [2.45, 2.75) is 32.9 Å². The number of nitrogens with one attached hydrogen (secondary N) is 1. The molecule has 0 spiro atoms. The van der Waals surface area contributed by atoms with Crippen LogP contribution in [0.5, 0.6) is 5.75 Å². The molecule has 3 aromatic rings. The van der Waals surface area contributed by atoms with Gasteiger partial charge in [0.15, 0.2) is 0 Å². The Morgan fingerprint density at radius 2 is 1.96 bits per heavy atom. The number of aromatic carboxylic acids is 1. The Morgan fingerprint density at radius 3 is 2.59 bits per heavy atom. The van der Waals surface area contributed by atoms with Crippen LogP contribution in [0.25, 0.3) is 10.9 Å².